The number of aliphatic imine (C=N–C) groups is 1. The molecule has 3 rings (SSSR count). The minimum absolute atomic E-state index is 0. The van der Waals surface area contributed by atoms with Crippen molar-refractivity contribution in [1.29, 1.82) is 0 Å². The third kappa shape index (κ3) is 5.77. The summed E-state index contributed by atoms with van der Waals surface area (Å²) in [5.74, 6) is -0.197. The van der Waals surface area contributed by atoms with Crippen LogP contribution in [0.15, 0.2) is 23.2 Å². The lowest BCUT2D eigenvalue weighted by atomic mass is 10.0. The Hall–Kier alpha value is -0.960. The van der Waals surface area contributed by atoms with Crippen LogP contribution in [0.25, 0.3) is 0 Å². The highest BCUT2D eigenvalue weighted by Gasteiger charge is 2.27. The second-order valence-corrected chi connectivity index (χ2v) is 7.05. The number of nitrogens with zero attached hydrogens (tertiary/aromatic N) is 2. The molecule has 1 aromatic carbocycles. The van der Waals surface area contributed by atoms with E-state index in [1.54, 1.807) is 7.05 Å². The summed E-state index contributed by atoms with van der Waals surface area (Å²) in [4.78, 5) is 6.84. The smallest absolute Gasteiger partial charge is 0.191 e. The zero-order valence-electron chi connectivity index (χ0n) is 15.3. The summed E-state index contributed by atoms with van der Waals surface area (Å²) < 4.78 is 26.9. The summed E-state index contributed by atoms with van der Waals surface area (Å²) in [5, 5.41) is 6.50. The van der Waals surface area contributed by atoms with Crippen molar-refractivity contribution in [1.82, 2.24) is 15.5 Å². The molecule has 0 amide bonds. The van der Waals surface area contributed by atoms with Gasteiger partial charge in [0.2, 0.25) is 0 Å². The summed E-state index contributed by atoms with van der Waals surface area (Å²) in [6.45, 7) is 2.46. The van der Waals surface area contributed by atoms with Crippen LogP contribution in [-0.2, 0) is 6.54 Å². The summed E-state index contributed by atoms with van der Waals surface area (Å²) in [7, 11) is 1.70. The molecule has 0 radical (unpaired) electrons. The van der Waals surface area contributed by atoms with Crippen LogP contribution in [0.2, 0.25) is 0 Å². The van der Waals surface area contributed by atoms with Crippen LogP contribution >= 0.6 is 24.0 Å². The van der Waals surface area contributed by atoms with Crippen molar-refractivity contribution in [3.8, 4) is 0 Å². The molecule has 1 aliphatic carbocycles. The first-order valence-corrected chi connectivity index (χ1v) is 9.31. The molecule has 1 aliphatic heterocycles. The molecule has 0 atom stereocenters. The Balaban J connectivity index is 0.00000243. The SMILES string of the molecule is CN=C(NCc1cc(F)ccc1F)NC1CCN(C2CCCC2)CC1.I. The van der Waals surface area contributed by atoms with Gasteiger partial charge in [0.25, 0.3) is 0 Å². The van der Waals surface area contributed by atoms with Gasteiger partial charge in [0, 0.05) is 44.3 Å². The third-order valence-electron chi connectivity index (χ3n) is 5.39. The van der Waals surface area contributed by atoms with E-state index in [2.05, 4.69) is 20.5 Å². The zero-order valence-corrected chi connectivity index (χ0v) is 17.6. The minimum atomic E-state index is -0.430. The Morgan fingerprint density at radius 1 is 1.15 bits per heavy atom. The van der Waals surface area contributed by atoms with Gasteiger partial charge in [0.15, 0.2) is 5.96 Å². The average Bonchev–Trinajstić information content (AvgIpc) is 3.16. The van der Waals surface area contributed by atoms with Crippen LogP contribution in [0, 0.1) is 11.6 Å². The fourth-order valence-corrected chi connectivity index (χ4v) is 3.92. The van der Waals surface area contributed by atoms with E-state index in [1.165, 1.54) is 31.7 Å². The molecule has 1 heterocycles. The van der Waals surface area contributed by atoms with Crippen LogP contribution < -0.4 is 10.6 Å². The van der Waals surface area contributed by atoms with Crippen LogP contribution in [0.4, 0.5) is 8.78 Å². The van der Waals surface area contributed by atoms with E-state index in [0.717, 1.165) is 44.1 Å². The molecule has 1 aromatic rings. The van der Waals surface area contributed by atoms with Gasteiger partial charge in [0.1, 0.15) is 11.6 Å². The maximum atomic E-state index is 13.7. The number of halogens is 3. The van der Waals surface area contributed by atoms with Gasteiger partial charge < -0.3 is 15.5 Å². The third-order valence-corrected chi connectivity index (χ3v) is 5.39. The highest BCUT2D eigenvalue weighted by atomic mass is 127. The first-order valence-electron chi connectivity index (χ1n) is 9.31. The van der Waals surface area contributed by atoms with Crippen LogP contribution in [-0.4, -0.2) is 43.1 Å². The van der Waals surface area contributed by atoms with E-state index in [-0.39, 0.29) is 30.5 Å². The molecular formula is C19H29F2IN4. The summed E-state index contributed by atoms with van der Waals surface area (Å²) in [5.41, 5.74) is 0.305. The van der Waals surface area contributed by atoms with Crippen LogP contribution in [0.1, 0.15) is 44.1 Å². The Bertz CT molecular complexity index is 597. The van der Waals surface area contributed by atoms with E-state index in [4.69, 9.17) is 0 Å². The zero-order chi connectivity index (χ0) is 17.6. The Labute approximate surface area is 171 Å². The van der Waals surface area contributed by atoms with Crippen molar-refractivity contribution in [3.63, 3.8) is 0 Å². The first kappa shape index (κ1) is 21.3. The summed E-state index contributed by atoms with van der Waals surface area (Å²) in [6.07, 6.45) is 7.62. The number of piperidine rings is 1. The second kappa shape index (κ2) is 10.4. The maximum absolute atomic E-state index is 13.7. The van der Waals surface area contributed by atoms with Gasteiger partial charge in [-0.15, -0.1) is 24.0 Å². The average molecular weight is 478 g/mol. The molecule has 0 bridgehead atoms. The van der Waals surface area contributed by atoms with Gasteiger partial charge in [-0.2, -0.15) is 0 Å². The highest BCUT2D eigenvalue weighted by molar-refractivity contribution is 14.0. The molecule has 146 valence electrons. The lowest BCUT2D eigenvalue weighted by Gasteiger charge is -2.36. The van der Waals surface area contributed by atoms with Gasteiger partial charge in [-0.25, -0.2) is 8.78 Å². The molecule has 4 nitrogen and oxygen atoms in total. The van der Waals surface area contributed by atoms with Crippen LogP contribution in [0.3, 0.4) is 0 Å². The normalized spacial score (nSPS) is 20.0. The quantitative estimate of drug-likeness (QED) is 0.395. The molecule has 0 aromatic heterocycles. The molecule has 0 unspecified atom stereocenters. The van der Waals surface area contributed by atoms with E-state index < -0.39 is 11.6 Å². The van der Waals surface area contributed by atoms with Gasteiger partial charge in [-0.05, 0) is 43.9 Å². The van der Waals surface area contributed by atoms with Gasteiger partial charge in [-0.3, -0.25) is 4.99 Å². The van der Waals surface area contributed by atoms with Crippen LogP contribution in [0.5, 0.6) is 0 Å². The Morgan fingerprint density at radius 3 is 2.50 bits per heavy atom. The van der Waals surface area contributed by atoms with E-state index in [0.29, 0.717) is 17.6 Å². The van der Waals surface area contributed by atoms with E-state index >= 15 is 0 Å². The fraction of sp³-hybridized carbons (Fsp3) is 0.632. The molecule has 26 heavy (non-hydrogen) atoms. The predicted molar refractivity (Wildman–Crippen MR) is 112 cm³/mol. The molecule has 2 fully saturated rings. The molecule has 2 aliphatic rings. The van der Waals surface area contributed by atoms with Gasteiger partial charge in [-0.1, -0.05) is 12.8 Å². The van der Waals surface area contributed by atoms with Crippen molar-refractivity contribution in [2.24, 2.45) is 4.99 Å². The largest absolute Gasteiger partial charge is 0.354 e. The Kier molecular flexibility index (Phi) is 8.53. The topological polar surface area (TPSA) is 39.7 Å². The molecule has 1 saturated heterocycles. The number of guanidine groups is 1. The van der Waals surface area contributed by atoms with E-state index in [1.807, 2.05) is 0 Å². The Morgan fingerprint density at radius 2 is 1.85 bits per heavy atom. The molecule has 7 heteroatoms. The molecule has 0 spiro atoms. The number of hydrogen-bond acceptors (Lipinski definition) is 2. The summed E-state index contributed by atoms with van der Waals surface area (Å²) in [6, 6.07) is 4.66. The number of nitrogens with one attached hydrogen (secondary N) is 2. The van der Waals surface area contributed by atoms with E-state index in [9.17, 15) is 8.78 Å². The van der Waals surface area contributed by atoms with Gasteiger partial charge in [0.05, 0.1) is 0 Å². The predicted octanol–water partition coefficient (Wildman–Crippen LogP) is 3.65. The number of rotatable bonds is 4. The number of hydrogen-bond donors (Lipinski definition) is 2. The standard InChI is InChI=1S/C19H28F2N4.HI/c1-22-19(23-13-14-12-15(20)6-7-18(14)21)24-16-8-10-25(11-9-16)17-4-2-3-5-17;/h6-7,12,16-17H,2-5,8-11,13H2,1H3,(H2,22,23,24);1H. The highest BCUT2D eigenvalue weighted by Crippen LogP contribution is 2.26. The minimum Gasteiger partial charge on any atom is -0.354 e. The molecule has 2 N–H and O–H groups in total. The van der Waals surface area contributed by atoms with Crippen molar-refractivity contribution < 1.29 is 8.78 Å². The molecule has 1 saturated carbocycles. The van der Waals surface area contributed by atoms with Crippen molar-refractivity contribution in [2.45, 2.75) is 57.2 Å². The maximum Gasteiger partial charge on any atom is 0.191 e. The van der Waals surface area contributed by atoms with Crippen molar-refractivity contribution >= 4 is 29.9 Å². The van der Waals surface area contributed by atoms with Crippen molar-refractivity contribution in [2.75, 3.05) is 20.1 Å². The first-order chi connectivity index (χ1) is 12.2. The lowest BCUT2D eigenvalue weighted by molar-refractivity contribution is 0.150. The number of likely N-dealkylation sites (tertiary alicyclic amines) is 1. The van der Waals surface area contributed by atoms with Crippen molar-refractivity contribution in [3.05, 3.63) is 35.4 Å². The fourth-order valence-electron chi connectivity index (χ4n) is 3.92. The molecular weight excluding hydrogens is 449 g/mol. The van der Waals surface area contributed by atoms with Gasteiger partial charge >= 0.3 is 0 Å². The number of benzene rings is 1. The second-order valence-electron chi connectivity index (χ2n) is 7.05. The summed E-state index contributed by atoms with van der Waals surface area (Å²) >= 11 is 0. The lowest BCUT2D eigenvalue weighted by Crippen LogP contribution is -2.50. The monoisotopic (exact) mass is 478 g/mol.